The molecule has 3 heteroatoms. The zero-order valence-corrected chi connectivity index (χ0v) is 10.5. The lowest BCUT2D eigenvalue weighted by molar-refractivity contribution is -0.157. The van der Waals surface area contributed by atoms with Crippen LogP contribution in [0.1, 0.15) is 47.5 Å². The second kappa shape index (κ2) is 4.52. The summed E-state index contributed by atoms with van der Waals surface area (Å²) < 4.78 is 5.36. The van der Waals surface area contributed by atoms with Gasteiger partial charge < -0.3 is 10.1 Å². The standard InChI is InChI=1S/C12H23NO2/c1-6-9-8(2)7-10(13-9)11(14)15-12(3,4)5/h8-10,13H,6-7H2,1-5H3. The summed E-state index contributed by atoms with van der Waals surface area (Å²) in [4.78, 5) is 11.8. The van der Waals surface area contributed by atoms with Crippen molar-refractivity contribution in [2.75, 3.05) is 0 Å². The number of nitrogens with one attached hydrogen (secondary N) is 1. The largest absolute Gasteiger partial charge is 0.459 e. The van der Waals surface area contributed by atoms with Crippen LogP contribution in [0, 0.1) is 5.92 Å². The molecule has 0 aliphatic carbocycles. The van der Waals surface area contributed by atoms with E-state index in [1.807, 2.05) is 20.8 Å². The van der Waals surface area contributed by atoms with Gasteiger partial charge in [-0.25, -0.2) is 0 Å². The molecule has 3 unspecified atom stereocenters. The highest BCUT2D eigenvalue weighted by molar-refractivity contribution is 5.76. The Balaban J connectivity index is 2.50. The molecule has 88 valence electrons. The van der Waals surface area contributed by atoms with Crippen LogP contribution in [-0.4, -0.2) is 23.7 Å². The lowest BCUT2D eigenvalue weighted by Gasteiger charge is -2.22. The van der Waals surface area contributed by atoms with Gasteiger partial charge in [0.25, 0.3) is 0 Å². The second-order valence-electron chi connectivity index (χ2n) is 5.48. The quantitative estimate of drug-likeness (QED) is 0.714. The summed E-state index contributed by atoms with van der Waals surface area (Å²) in [5, 5.41) is 3.34. The number of rotatable bonds is 2. The molecule has 3 nitrogen and oxygen atoms in total. The van der Waals surface area contributed by atoms with Crippen LogP contribution in [0.15, 0.2) is 0 Å². The number of esters is 1. The molecule has 0 aromatic heterocycles. The van der Waals surface area contributed by atoms with Crippen molar-refractivity contribution in [3.8, 4) is 0 Å². The molecular weight excluding hydrogens is 190 g/mol. The maximum Gasteiger partial charge on any atom is 0.323 e. The number of hydrogen-bond donors (Lipinski definition) is 1. The fourth-order valence-corrected chi connectivity index (χ4v) is 2.08. The first-order valence-electron chi connectivity index (χ1n) is 5.82. The van der Waals surface area contributed by atoms with Gasteiger partial charge >= 0.3 is 5.97 Å². The summed E-state index contributed by atoms with van der Waals surface area (Å²) >= 11 is 0. The molecule has 1 aliphatic heterocycles. The van der Waals surface area contributed by atoms with Crippen LogP contribution in [0.25, 0.3) is 0 Å². The summed E-state index contributed by atoms with van der Waals surface area (Å²) in [6, 6.07) is 0.353. The molecule has 1 rings (SSSR count). The van der Waals surface area contributed by atoms with Gasteiger partial charge in [-0.05, 0) is 39.5 Å². The highest BCUT2D eigenvalue weighted by atomic mass is 16.6. The van der Waals surface area contributed by atoms with Crippen LogP contribution in [0.3, 0.4) is 0 Å². The van der Waals surface area contributed by atoms with Gasteiger partial charge in [0.1, 0.15) is 11.6 Å². The zero-order chi connectivity index (χ0) is 11.6. The van der Waals surface area contributed by atoms with E-state index in [0.717, 1.165) is 12.8 Å². The highest BCUT2D eigenvalue weighted by Crippen LogP contribution is 2.23. The molecule has 0 radical (unpaired) electrons. The van der Waals surface area contributed by atoms with Crippen molar-refractivity contribution in [3.05, 3.63) is 0 Å². The van der Waals surface area contributed by atoms with Gasteiger partial charge in [-0.3, -0.25) is 4.79 Å². The summed E-state index contributed by atoms with van der Waals surface area (Å²) in [6.07, 6.45) is 1.97. The van der Waals surface area contributed by atoms with Gasteiger partial charge in [-0.2, -0.15) is 0 Å². The maximum absolute atomic E-state index is 11.8. The third-order valence-corrected chi connectivity index (χ3v) is 2.84. The van der Waals surface area contributed by atoms with Crippen molar-refractivity contribution < 1.29 is 9.53 Å². The van der Waals surface area contributed by atoms with Crippen molar-refractivity contribution in [2.24, 2.45) is 5.92 Å². The van der Waals surface area contributed by atoms with Gasteiger partial charge in [0.05, 0.1) is 0 Å². The van der Waals surface area contributed by atoms with Crippen molar-refractivity contribution in [2.45, 2.75) is 65.1 Å². The predicted molar refractivity (Wildman–Crippen MR) is 60.6 cm³/mol. The summed E-state index contributed by atoms with van der Waals surface area (Å²) in [5.74, 6) is 0.456. The van der Waals surface area contributed by atoms with E-state index in [1.54, 1.807) is 0 Å². The molecule has 1 fully saturated rings. The molecule has 1 aliphatic rings. The average Bonchev–Trinajstić information content (AvgIpc) is 2.43. The molecule has 0 bridgehead atoms. The molecule has 0 spiro atoms. The van der Waals surface area contributed by atoms with Crippen LogP contribution in [0.2, 0.25) is 0 Å². The first-order chi connectivity index (χ1) is 6.83. The fourth-order valence-electron chi connectivity index (χ4n) is 2.08. The van der Waals surface area contributed by atoms with Crippen molar-refractivity contribution in [3.63, 3.8) is 0 Å². The molecule has 1 heterocycles. The fraction of sp³-hybridized carbons (Fsp3) is 0.917. The van der Waals surface area contributed by atoms with E-state index in [1.165, 1.54) is 0 Å². The van der Waals surface area contributed by atoms with E-state index >= 15 is 0 Å². The van der Waals surface area contributed by atoms with Gasteiger partial charge in [0, 0.05) is 6.04 Å². The summed E-state index contributed by atoms with van der Waals surface area (Å²) in [5.41, 5.74) is -0.383. The summed E-state index contributed by atoms with van der Waals surface area (Å²) in [6.45, 7) is 10.0. The van der Waals surface area contributed by atoms with E-state index in [2.05, 4.69) is 19.2 Å². The minimum Gasteiger partial charge on any atom is -0.459 e. The molecular formula is C12H23NO2. The van der Waals surface area contributed by atoms with E-state index in [-0.39, 0.29) is 17.6 Å². The normalized spacial score (nSPS) is 31.7. The molecule has 0 amide bonds. The topological polar surface area (TPSA) is 38.3 Å². The Hall–Kier alpha value is -0.570. The first kappa shape index (κ1) is 12.5. The van der Waals surface area contributed by atoms with E-state index < -0.39 is 0 Å². The Morgan fingerprint density at radius 2 is 2.07 bits per heavy atom. The number of ether oxygens (including phenoxy) is 1. The van der Waals surface area contributed by atoms with Crippen LogP contribution < -0.4 is 5.32 Å². The third kappa shape index (κ3) is 3.49. The molecule has 0 aromatic carbocycles. The van der Waals surface area contributed by atoms with E-state index in [4.69, 9.17) is 4.74 Å². The number of carbonyl (C=O) groups is 1. The van der Waals surface area contributed by atoms with Crippen molar-refractivity contribution >= 4 is 5.97 Å². The molecule has 1 N–H and O–H groups in total. The van der Waals surface area contributed by atoms with Gasteiger partial charge in [0.2, 0.25) is 0 Å². The highest BCUT2D eigenvalue weighted by Gasteiger charge is 2.35. The molecule has 0 aromatic rings. The predicted octanol–water partition coefficient (Wildman–Crippen LogP) is 2.10. The van der Waals surface area contributed by atoms with Crippen LogP contribution in [0.5, 0.6) is 0 Å². The Kier molecular flexibility index (Phi) is 3.77. The number of carbonyl (C=O) groups excluding carboxylic acids is 1. The molecule has 3 atom stereocenters. The lowest BCUT2D eigenvalue weighted by atomic mass is 10.00. The minimum absolute atomic E-state index is 0.106. The molecule has 1 saturated heterocycles. The second-order valence-corrected chi connectivity index (χ2v) is 5.48. The van der Waals surface area contributed by atoms with E-state index in [9.17, 15) is 4.79 Å². The van der Waals surface area contributed by atoms with Crippen LogP contribution >= 0.6 is 0 Å². The van der Waals surface area contributed by atoms with Gasteiger partial charge in [-0.15, -0.1) is 0 Å². The SMILES string of the molecule is CCC1NC(C(=O)OC(C)(C)C)CC1C. The third-order valence-electron chi connectivity index (χ3n) is 2.84. The van der Waals surface area contributed by atoms with Gasteiger partial charge in [0.15, 0.2) is 0 Å². The number of hydrogen-bond acceptors (Lipinski definition) is 3. The zero-order valence-electron chi connectivity index (χ0n) is 10.5. The molecule has 15 heavy (non-hydrogen) atoms. The van der Waals surface area contributed by atoms with Crippen LogP contribution in [-0.2, 0) is 9.53 Å². The Bertz CT molecular complexity index is 232. The smallest absolute Gasteiger partial charge is 0.323 e. The van der Waals surface area contributed by atoms with Gasteiger partial charge in [-0.1, -0.05) is 13.8 Å². The van der Waals surface area contributed by atoms with Crippen LogP contribution in [0.4, 0.5) is 0 Å². The lowest BCUT2D eigenvalue weighted by Crippen LogP contribution is -2.40. The van der Waals surface area contributed by atoms with E-state index in [0.29, 0.717) is 12.0 Å². The van der Waals surface area contributed by atoms with Crippen molar-refractivity contribution in [1.82, 2.24) is 5.32 Å². The first-order valence-corrected chi connectivity index (χ1v) is 5.82. The Labute approximate surface area is 92.6 Å². The Morgan fingerprint density at radius 1 is 1.47 bits per heavy atom. The Morgan fingerprint density at radius 3 is 2.47 bits per heavy atom. The van der Waals surface area contributed by atoms with Crippen molar-refractivity contribution in [1.29, 1.82) is 0 Å². The monoisotopic (exact) mass is 213 g/mol. The maximum atomic E-state index is 11.8. The summed E-state index contributed by atoms with van der Waals surface area (Å²) in [7, 11) is 0. The minimum atomic E-state index is -0.383. The average molecular weight is 213 g/mol. The molecule has 0 saturated carbocycles.